The predicted octanol–water partition coefficient (Wildman–Crippen LogP) is 2.11. The van der Waals surface area contributed by atoms with E-state index in [1.807, 2.05) is 18.2 Å². The molecule has 4 rings (SSSR count). The summed E-state index contributed by atoms with van der Waals surface area (Å²) in [6.45, 7) is -0.0304. The third kappa shape index (κ3) is 2.87. The second-order valence-electron chi connectivity index (χ2n) is 7.01. The van der Waals surface area contributed by atoms with Crippen molar-refractivity contribution in [2.24, 2.45) is 0 Å². The van der Waals surface area contributed by atoms with Gasteiger partial charge in [0, 0.05) is 18.2 Å². The summed E-state index contributed by atoms with van der Waals surface area (Å²) in [6, 6.07) is 6.06. The first-order valence-corrected chi connectivity index (χ1v) is 9.25. The van der Waals surface area contributed by atoms with E-state index in [9.17, 15) is 10.2 Å². The fourth-order valence-corrected chi connectivity index (χ4v) is 4.41. The molecule has 0 aromatic heterocycles. The van der Waals surface area contributed by atoms with E-state index in [4.69, 9.17) is 18.9 Å². The lowest BCUT2D eigenvalue weighted by Gasteiger charge is -2.40. The van der Waals surface area contributed by atoms with E-state index in [2.05, 4.69) is 11.9 Å². The zero-order valence-electron chi connectivity index (χ0n) is 16.3. The van der Waals surface area contributed by atoms with Crippen molar-refractivity contribution < 1.29 is 29.2 Å². The van der Waals surface area contributed by atoms with Gasteiger partial charge in [0.25, 0.3) is 0 Å². The van der Waals surface area contributed by atoms with Crippen molar-refractivity contribution in [1.29, 1.82) is 0 Å². The van der Waals surface area contributed by atoms with E-state index >= 15 is 0 Å². The molecule has 1 aliphatic heterocycles. The summed E-state index contributed by atoms with van der Waals surface area (Å²) in [7, 11) is 5.35. The number of rotatable bonds is 6. The van der Waals surface area contributed by atoms with E-state index in [1.165, 1.54) is 11.1 Å². The van der Waals surface area contributed by atoms with Gasteiger partial charge in [0.2, 0.25) is 0 Å². The van der Waals surface area contributed by atoms with Crippen LogP contribution in [0.4, 0.5) is 0 Å². The lowest BCUT2D eigenvalue weighted by molar-refractivity contribution is 0.0742. The molecule has 0 unspecified atom stereocenters. The highest BCUT2D eigenvalue weighted by atomic mass is 16.6. The summed E-state index contributed by atoms with van der Waals surface area (Å²) in [5.74, 6) is 2.16. The van der Waals surface area contributed by atoms with Gasteiger partial charge >= 0.3 is 0 Å². The number of fused-ring (bicyclic) bond motifs is 2. The number of ether oxygens (including phenoxy) is 4. The van der Waals surface area contributed by atoms with Crippen molar-refractivity contribution in [3.05, 3.63) is 34.9 Å². The lowest BCUT2D eigenvalue weighted by atomic mass is 9.76. The van der Waals surface area contributed by atoms with Crippen LogP contribution in [0.5, 0.6) is 23.0 Å². The van der Waals surface area contributed by atoms with Crippen molar-refractivity contribution in [2.45, 2.75) is 18.9 Å². The Bertz CT molecular complexity index is 897. The first kappa shape index (κ1) is 18.9. The smallest absolute Gasteiger partial charge is 0.186 e. The van der Waals surface area contributed by atoms with E-state index in [0.717, 1.165) is 36.1 Å². The Balaban J connectivity index is 2.04. The summed E-state index contributed by atoms with van der Waals surface area (Å²) in [5.41, 5.74) is 5.31. The topological polar surface area (TPSA) is 80.6 Å². The molecule has 0 saturated heterocycles. The fraction of sp³-hybridized carbons (Fsp3) is 0.429. The Morgan fingerprint density at radius 3 is 2.32 bits per heavy atom. The molecule has 2 aliphatic rings. The van der Waals surface area contributed by atoms with Crippen LogP contribution in [0.25, 0.3) is 11.1 Å². The average molecular weight is 387 g/mol. The molecule has 7 nitrogen and oxygen atoms in total. The molecule has 7 heteroatoms. The van der Waals surface area contributed by atoms with Crippen LogP contribution in [0, 0.1) is 0 Å². The SMILES string of the molecule is COc1cc2c(cc1OC)-c1c(OCO)c(OCO)cc3c1[C@H](C2)N(C)CC3. The Labute approximate surface area is 164 Å². The van der Waals surface area contributed by atoms with Crippen LogP contribution in [-0.4, -0.2) is 56.5 Å². The second-order valence-corrected chi connectivity index (χ2v) is 7.01. The highest BCUT2D eigenvalue weighted by Crippen LogP contribution is 2.54. The number of methoxy groups -OCH3 is 2. The molecule has 28 heavy (non-hydrogen) atoms. The molecule has 150 valence electrons. The maximum atomic E-state index is 9.51. The normalized spacial score (nSPS) is 17.5. The third-order valence-electron chi connectivity index (χ3n) is 5.69. The molecule has 1 heterocycles. The van der Waals surface area contributed by atoms with Crippen LogP contribution in [0.15, 0.2) is 18.2 Å². The van der Waals surface area contributed by atoms with Gasteiger partial charge in [0.05, 0.1) is 14.2 Å². The van der Waals surface area contributed by atoms with E-state index in [-0.39, 0.29) is 6.04 Å². The lowest BCUT2D eigenvalue weighted by Crippen LogP contribution is -2.35. The minimum Gasteiger partial charge on any atom is -0.493 e. The van der Waals surface area contributed by atoms with Crippen LogP contribution >= 0.6 is 0 Å². The molecule has 2 aromatic rings. The molecular weight excluding hydrogens is 362 g/mol. The van der Waals surface area contributed by atoms with Gasteiger partial charge < -0.3 is 29.2 Å². The van der Waals surface area contributed by atoms with Crippen molar-refractivity contribution >= 4 is 0 Å². The van der Waals surface area contributed by atoms with Crippen molar-refractivity contribution in [1.82, 2.24) is 4.90 Å². The van der Waals surface area contributed by atoms with Crippen LogP contribution in [0.2, 0.25) is 0 Å². The largest absolute Gasteiger partial charge is 0.493 e. The number of aliphatic hydroxyl groups is 2. The number of nitrogens with zero attached hydrogens (tertiary/aromatic N) is 1. The number of hydrogen-bond donors (Lipinski definition) is 2. The zero-order chi connectivity index (χ0) is 19.8. The summed E-state index contributed by atoms with van der Waals surface area (Å²) < 4.78 is 22.1. The summed E-state index contributed by atoms with van der Waals surface area (Å²) >= 11 is 0. The third-order valence-corrected chi connectivity index (χ3v) is 5.69. The van der Waals surface area contributed by atoms with Crippen molar-refractivity contribution in [2.75, 3.05) is 41.4 Å². The van der Waals surface area contributed by atoms with Gasteiger partial charge in [0.15, 0.2) is 36.6 Å². The van der Waals surface area contributed by atoms with E-state index in [1.54, 1.807) is 14.2 Å². The number of hydrogen-bond acceptors (Lipinski definition) is 7. The summed E-state index contributed by atoms with van der Waals surface area (Å²) in [4.78, 5) is 2.33. The van der Waals surface area contributed by atoms with Gasteiger partial charge in [0.1, 0.15) is 0 Å². The Morgan fingerprint density at radius 1 is 0.964 bits per heavy atom. The van der Waals surface area contributed by atoms with E-state index < -0.39 is 13.6 Å². The number of aliphatic hydroxyl groups excluding tert-OH is 2. The van der Waals surface area contributed by atoms with Gasteiger partial charge in [-0.05, 0) is 60.3 Å². The molecule has 0 spiro atoms. The Hall–Kier alpha value is -2.48. The Morgan fingerprint density at radius 2 is 1.64 bits per heavy atom. The average Bonchev–Trinajstić information content (AvgIpc) is 2.71. The maximum Gasteiger partial charge on any atom is 0.186 e. The highest BCUT2D eigenvalue weighted by Gasteiger charge is 2.37. The van der Waals surface area contributed by atoms with Gasteiger partial charge in [-0.1, -0.05) is 0 Å². The monoisotopic (exact) mass is 387 g/mol. The molecule has 2 N–H and O–H groups in total. The standard InChI is InChI=1S/C21H25NO6/c1-22-5-4-12-7-18(27-10-23)21(28-11-24)20-14-9-17(26-3)16(25-2)8-13(14)6-15(22)19(12)20/h7-9,15,23-24H,4-6,10-11H2,1-3H3/t15-/m0/s1. The molecule has 0 bridgehead atoms. The predicted molar refractivity (Wildman–Crippen MR) is 103 cm³/mol. The minimum atomic E-state index is -0.489. The van der Waals surface area contributed by atoms with Gasteiger partial charge in [-0.3, -0.25) is 4.90 Å². The minimum absolute atomic E-state index is 0.188. The molecule has 0 fully saturated rings. The highest BCUT2D eigenvalue weighted by molar-refractivity contribution is 5.85. The van der Waals surface area contributed by atoms with Crippen LogP contribution in [0.3, 0.4) is 0 Å². The molecule has 0 radical (unpaired) electrons. The Kier molecular flexibility index (Phi) is 5.05. The van der Waals surface area contributed by atoms with Gasteiger partial charge in [-0.25, -0.2) is 0 Å². The first-order chi connectivity index (χ1) is 13.6. The van der Waals surface area contributed by atoms with Crippen LogP contribution in [0.1, 0.15) is 22.7 Å². The zero-order valence-corrected chi connectivity index (χ0v) is 16.3. The van der Waals surface area contributed by atoms with Crippen molar-refractivity contribution in [3.8, 4) is 34.1 Å². The number of benzene rings is 2. The second kappa shape index (κ2) is 7.50. The molecule has 1 atom stereocenters. The van der Waals surface area contributed by atoms with Crippen LogP contribution in [-0.2, 0) is 12.8 Å². The molecular formula is C21H25NO6. The molecule has 1 aliphatic carbocycles. The first-order valence-electron chi connectivity index (χ1n) is 9.25. The number of likely N-dealkylation sites (N-methyl/N-ethyl adjacent to an activating group) is 1. The maximum absolute atomic E-state index is 9.51. The van der Waals surface area contributed by atoms with Crippen LogP contribution < -0.4 is 18.9 Å². The summed E-state index contributed by atoms with van der Waals surface area (Å²) in [5, 5.41) is 18.9. The van der Waals surface area contributed by atoms with Gasteiger partial charge in [-0.15, -0.1) is 0 Å². The molecule has 0 saturated carbocycles. The molecule has 0 amide bonds. The summed E-state index contributed by atoms with van der Waals surface area (Å²) in [6.07, 6.45) is 1.71. The quantitative estimate of drug-likeness (QED) is 0.735. The molecule has 2 aromatic carbocycles. The fourth-order valence-electron chi connectivity index (χ4n) is 4.41. The van der Waals surface area contributed by atoms with Crippen molar-refractivity contribution in [3.63, 3.8) is 0 Å². The van der Waals surface area contributed by atoms with E-state index in [0.29, 0.717) is 23.0 Å². The van der Waals surface area contributed by atoms with Gasteiger partial charge in [-0.2, -0.15) is 0 Å².